The maximum Gasteiger partial charge on any atom is 0.142 e. The van der Waals surface area contributed by atoms with Gasteiger partial charge in [-0.1, -0.05) is 63.4 Å². The molecule has 29 heavy (non-hydrogen) atoms. The van der Waals surface area contributed by atoms with Gasteiger partial charge in [0.25, 0.3) is 0 Å². The second-order valence-electron chi connectivity index (χ2n) is 8.46. The summed E-state index contributed by atoms with van der Waals surface area (Å²) in [7, 11) is 0. The lowest BCUT2D eigenvalue weighted by atomic mass is 9.83. The normalized spacial score (nSPS) is 16.2. The number of hydrogen-bond acceptors (Lipinski definition) is 4. The van der Waals surface area contributed by atoms with Gasteiger partial charge in [0.05, 0.1) is 11.4 Å². The molecule has 1 aliphatic rings. The average Bonchev–Trinajstić information content (AvgIpc) is 3.24. The molecule has 1 atom stereocenters. The molecule has 0 amide bonds. The first-order chi connectivity index (χ1) is 14.2. The van der Waals surface area contributed by atoms with Gasteiger partial charge in [0, 0.05) is 24.2 Å². The molecule has 2 aromatic heterocycles. The highest BCUT2D eigenvalue weighted by atomic mass is 32.1. The van der Waals surface area contributed by atoms with Crippen LogP contribution in [0.4, 0.5) is 0 Å². The van der Waals surface area contributed by atoms with Crippen molar-refractivity contribution >= 4 is 11.3 Å². The standard InChI is InChI=1S/C25H31N3S/c1-18(2)24(21-13-11-20(12-14-21)19-8-4-3-5-9-19)27-16-22-17-29-25(28-22)23-10-6-7-15-26-23/h6-7,10-15,17-19,24,27H,3-5,8-9,16H2,1-2H3. The van der Waals surface area contributed by atoms with E-state index in [0.29, 0.717) is 12.0 Å². The summed E-state index contributed by atoms with van der Waals surface area (Å²) in [4.78, 5) is 9.18. The third-order valence-electron chi connectivity index (χ3n) is 5.98. The first kappa shape index (κ1) is 20.2. The molecule has 0 aliphatic heterocycles. The summed E-state index contributed by atoms with van der Waals surface area (Å²) in [6.45, 7) is 5.34. The summed E-state index contributed by atoms with van der Waals surface area (Å²) in [5, 5.41) is 6.87. The Bertz CT molecular complexity index is 880. The minimum absolute atomic E-state index is 0.329. The van der Waals surface area contributed by atoms with Crippen LogP contribution in [0.15, 0.2) is 54.0 Å². The Kier molecular flexibility index (Phi) is 6.73. The smallest absolute Gasteiger partial charge is 0.142 e. The zero-order valence-electron chi connectivity index (χ0n) is 17.5. The van der Waals surface area contributed by atoms with Crippen molar-refractivity contribution in [3.63, 3.8) is 0 Å². The van der Waals surface area contributed by atoms with Crippen LogP contribution in [0.3, 0.4) is 0 Å². The van der Waals surface area contributed by atoms with E-state index in [1.165, 1.54) is 43.2 Å². The lowest BCUT2D eigenvalue weighted by molar-refractivity contribution is 0.408. The molecule has 4 rings (SSSR count). The van der Waals surface area contributed by atoms with Crippen LogP contribution in [0.2, 0.25) is 0 Å². The zero-order valence-corrected chi connectivity index (χ0v) is 18.3. The fourth-order valence-electron chi connectivity index (χ4n) is 4.36. The highest BCUT2D eigenvalue weighted by Gasteiger charge is 2.19. The van der Waals surface area contributed by atoms with Gasteiger partial charge in [0.1, 0.15) is 5.01 Å². The molecule has 3 aromatic rings. The second-order valence-corrected chi connectivity index (χ2v) is 9.32. The molecular weight excluding hydrogens is 374 g/mol. The third kappa shape index (κ3) is 5.12. The van der Waals surface area contributed by atoms with Crippen LogP contribution < -0.4 is 5.32 Å². The third-order valence-corrected chi connectivity index (χ3v) is 6.89. The van der Waals surface area contributed by atoms with E-state index < -0.39 is 0 Å². The van der Waals surface area contributed by atoms with Crippen LogP contribution >= 0.6 is 11.3 Å². The highest BCUT2D eigenvalue weighted by Crippen LogP contribution is 2.33. The fourth-order valence-corrected chi connectivity index (χ4v) is 5.15. The molecule has 1 aliphatic carbocycles. The van der Waals surface area contributed by atoms with Crippen LogP contribution in [-0.4, -0.2) is 9.97 Å². The van der Waals surface area contributed by atoms with Crippen LogP contribution in [0, 0.1) is 5.92 Å². The number of pyridine rings is 1. The number of nitrogens with zero attached hydrogens (tertiary/aromatic N) is 2. The van der Waals surface area contributed by atoms with Crippen molar-refractivity contribution in [2.45, 2.75) is 64.5 Å². The Labute approximate surface area is 178 Å². The van der Waals surface area contributed by atoms with Gasteiger partial charge in [-0.15, -0.1) is 11.3 Å². The summed E-state index contributed by atoms with van der Waals surface area (Å²) in [5.41, 5.74) is 4.93. The quantitative estimate of drug-likeness (QED) is 0.473. The van der Waals surface area contributed by atoms with Crippen molar-refractivity contribution in [2.75, 3.05) is 0 Å². The molecule has 2 heterocycles. The number of rotatable bonds is 7. The van der Waals surface area contributed by atoms with Crippen molar-refractivity contribution in [3.05, 3.63) is 70.9 Å². The molecule has 0 bridgehead atoms. The first-order valence-electron chi connectivity index (χ1n) is 10.9. The Morgan fingerprint density at radius 2 is 1.83 bits per heavy atom. The number of hydrogen-bond donors (Lipinski definition) is 1. The molecule has 1 aromatic carbocycles. The van der Waals surface area contributed by atoms with E-state index >= 15 is 0 Å². The fraction of sp³-hybridized carbons (Fsp3) is 0.440. The minimum Gasteiger partial charge on any atom is -0.304 e. The molecule has 0 saturated heterocycles. The summed E-state index contributed by atoms with van der Waals surface area (Å²) in [5.74, 6) is 1.28. The Balaban J connectivity index is 1.41. The predicted molar refractivity (Wildman–Crippen MR) is 122 cm³/mol. The number of benzene rings is 1. The highest BCUT2D eigenvalue weighted by molar-refractivity contribution is 7.13. The Morgan fingerprint density at radius 3 is 2.52 bits per heavy atom. The van der Waals surface area contributed by atoms with Crippen molar-refractivity contribution in [3.8, 4) is 10.7 Å². The van der Waals surface area contributed by atoms with E-state index in [1.54, 1.807) is 11.3 Å². The van der Waals surface area contributed by atoms with Crippen LogP contribution in [0.25, 0.3) is 10.7 Å². The molecule has 1 N–H and O–H groups in total. The van der Waals surface area contributed by atoms with Crippen molar-refractivity contribution < 1.29 is 0 Å². The minimum atomic E-state index is 0.329. The molecule has 1 unspecified atom stereocenters. The van der Waals surface area contributed by atoms with Crippen molar-refractivity contribution in [1.29, 1.82) is 0 Å². The van der Waals surface area contributed by atoms with Crippen LogP contribution in [0.1, 0.15) is 74.7 Å². The monoisotopic (exact) mass is 405 g/mol. The van der Waals surface area contributed by atoms with Gasteiger partial charge in [0.2, 0.25) is 0 Å². The van der Waals surface area contributed by atoms with Crippen LogP contribution in [0.5, 0.6) is 0 Å². The first-order valence-corrected chi connectivity index (χ1v) is 11.8. The summed E-state index contributed by atoms with van der Waals surface area (Å²) >= 11 is 1.66. The van der Waals surface area contributed by atoms with Gasteiger partial charge < -0.3 is 5.32 Å². The molecule has 0 radical (unpaired) electrons. The average molecular weight is 406 g/mol. The number of thiazole rings is 1. The molecule has 1 saturated carbocycles. The Morgan fingerprint density at radius 1 is 1.03 bits per heavy atom. The van der Waals surface area contributed by atoms with E-state index in [4.69, 9.17) is 4.98 Å². The van der Waals surface area contributed by atoms with E-state index in [1.807, 2.05) is 24.4 Å². The summed E-state index contributed by atoms with van der Waals surface area (Å²) < 4.78 is 0. The van der Waals surface area contributed by atoms with Gasteiger partial charge >= 0.3 is 0 Å². The van der Waals surface area contributed by atoms with E-state index in [0.717, 1.165) is 28.9 Å². The van der Waals surface area contributed by atoms with Crippen molar-refractivity contribution in [2.24, 2.45) is 5.92 Å². The summed E-state index contributed by atoms with van der Waals surface area (Å²) in [6, 6.07) is 15.7. The van der Waals surface area contributed by atoms with E-state index in [9.17, 15) is 0 Å². The van der Waals surface area contributed by atoms with Gasteiger partial charge in [-0.05, 0) is 47.9 Å². The van der Waals surface area contributed by atoms with E-state index in [2.05, 4.69) is 53.8 Å². The van der Waals surface area contributed by atoms with Gasteiger partial charge in [-0.3, -0.25) is 4.98 Å². The molecule has 152 valence electrons. The molecular formula is C25H31N3S. The predicted octanol–water partition coefficient (Wildman–Crippen LogP) is 6.74. The van der Waals surface area contributed by atoms with Gasteiger partial charge in [0.15, 0.2) is 0 Å². The number of aromatic nitrogens is 2. The van der Waals surface area contributed by atoms with Gasteiger partial charge in [-0.2, -0.15) is 0 Å². The van der Waals surface area contributed by atoms with Gasteiger partial charge in [-0.25, -0.2) is 4.98 Å². The van der Waals surface area contributed by atoms with Crippen molar-refractivity contribution in [1.82, 2.24) is 15.3 Å². The topological polar surface area (TPSA) is 37.8 Å². The van der Waals surface area contributed by atoms with Crippen LogP contribution in [-0.2, 0) is 6.54 Å². The molecule has 1 fully saturated rings. The SMILES string of the molecule is CC(C)C(NCc1csc(-c2ccccn2)n1)c1ccc(C2CCCCC2)cc1. The largest absolute Gasteiger partial charge is 0.304 e. The lowest BCUT2D eigenvalue weighted by Gasteiger charge is -2.25. The van der Waals surface area contributed by atoms with E-state index in [-0.39, 0.29) is 0 Å². The maximum absolute atomic E-state index is 4.77. The summed E-state index contributed by atoms with van der Waals surface area (Å²) in [6.07, 6.45) is 8.71. The lowest BCUT2D eigenvalue weighted by Crippen LogP contribution is -2.25. The zero-order chi connectivity index (χ0) is 20.1. The second kappa shape index (κ2) is 9.64. The molecule has 0 spiro atoms. The molecule has 4 heteroatoms. The Hall–Kier alpha value is -2.04. The maximum atomic E-state index is 4.77. The number of nitrogens with one attached hydrogen (secondary N) is 1. The molecule has 3 nitrogen and oxygen atoms in total.